The highest BCUT2D eigenvalue weighted by molar-refractivity contribution is 5.89. The van der Waals surface area contributed by atoms with Crippen molar-refractivity contribution in [1.29, 1.82) is 0 Å². The lowest BCUT2D eigenvalue weighted by Gasteiger charge is -2.18. The molecule has 1 heterocycles. The average molecular weight is 457 g/mol. The predicted molar refractivity (Wildman–Crippen MR) is 136 cm³/mol. The Hall–Kier alpha value is -3.15. The molecule has 3 aromatic carbocycles. The first kappa shape index (κ1) is 22.6. The quantitative estimate of drug-likeness (QED) is 0.464. The number of hydrogen-bond donors (Lipinski definition) is 1. The van der Waals surface area contributed by atoms with E-state index in [-0.39, 0.29) is 5.97 Å². The Bertz CT molecular complexity index is 1160. The SMILES string of the molecule is COC(=O)c1ccc(/C=C(/CNC2CCN(C3CC3)C2)COc2cccc3ccccc23)cc1. The van der Waals surface area contributed by atoms with E-state index >= 15 is 0 Å². The molecule has 1 atom stereocenters. The van der Waals surface area contributed by atoms with Crippen LogP contribution in [0.1, 0.15) is 35.2 Å². The summed E-state index contributed by atoms with van der Waals surface area (Å²) >= 11 is 0. The summed E-state index contributed by atoms with van der Waals surface area (Å²) in [5, 5.41) is 6.06. The number of nitrogens with zero attached hydrogens (tertiary/aromatic N) is 1. The maximum absolute atomic E-state index is 11.8. The number of methoxy groups -OCH3 is 1. The first-order chi connectivity index (χ1) is 16.7. The smallest absolute Gasteiger partial charge is 0.337 e. The second-order valence-corrected chi connectivity index (χ2v) is 9.27. The minimum Gasteiger partial charge on any atom is -0.489 e. The molecule has 1 saturated heterocycles. The molecule has 176 valence electrons. The minimum absolute atomic E-state index is 0.321. The van der Waals surface area contributed by atoms with Crippen LogP contribution in [-0.2, 0) is 4.74 Å². The van der Waals surface area contributed by atoms with Crippen LogP contribution in [-0.4, -0.2) is 56.3 Å². The van der Waals surface area contributed by atoms with E-state index in [4.69, 9.17) is 9.47 Å². The highest BCUT2D eigenvalue weighted by Crippen LogP contribution is 2.30. The van der Waals surface area contributed by atoms with Gasteiger partial charge in [-0.1, -0.05) is 54.6 Å². The van der Waals surface area contributed by atoms with Crippen molar-refractivity contribution >= 4 is 22.8 Å². The zero-order valence-corrected chi connectivity index (χ0v) is 19.7. The molecule has 2 aliphatic rings. The van der Waals surface area contributed by atoms with Gasteiger partial charge in [-0.15, -0.1) is 0 Å². The number of esters is 1. The van der Waals surface area contributed by atoms with E-state index in [1.807, 2.05) is 36.4 Å². The van der Waals surface area contributed by atoms with Gasteiger partial charge in [-0.3, -0.25) is 4.90 Å². The van der Waals surface area contributed by atoms with Gasteiger partial charge in [-0.2, -0.15) is 0 Å². The van der Waals surface area contributed by atoms with Crippen LogP contribution in [0.4, 0.5) is 0 Å². The third-order valence-electron chi connectivity index (χ3n) is 6.77. The van der Waals surface area contributed by atoms with E-state index in [2.05, 4.69) is 34.5 Å². The van der Waals surface area contributed by atoms with Gasteiger partial charge < -0.3 is 14.8 Å². The van der Waals surface area contributed by atoms with Crippen molar-refractivity contribution in [2.45, 2.75) is 31.3 Å². The Labute approximate surface area is 201 Å². The highest BCUT2D eigenvalue weighted by Gasteiger charge is 2.34. The fraction of sp³-hybridized carbons (Fsp3) is 0.345. The lowest BCUT2D eigenvalue weighted by molar-refractivity contribution is 0.0600. The zero-order valence-electron chi connectivity index (χ0n) is 19.7. The van der Waals surface area contributed by atoms with Crippen molar-refractivity contribution in [3.05, 3.63) is 83.4 Å². The summed E-state index contributed by atoms with van der Waals surface area (Å²) < 4.78 is 11.1. The number of likely N-dealkylation sites (tertiary alicyclic amines) is 1. The second-order valence-electron chi connectivity index (χ2n) is 9.27. The van der Waals surface area contributed by atoms with Crippen LogP contribution in [0.15, 0.2) is 72.3 Å². The summed E-state index contributed by atoms with van der Waals surface area (Å²) in [5.74, 6) is 0.573. The van der Waals surface area contributed by atoms with Crippen LogP contribution in [0.5, 0.6) is 5.75 Å². The molecule has 2 fully saturated rings. The lowest BCUT2D eigenvalue weighted by Crippen LogP contribution is -2.35. The summed E-state index contributed by atoms with van der Waals surface area (Å²) in [4.78, 5) is 14.4. The van der Waals surface area contributed by atoms with Gasteiger partial charge in [0.1, 0.15) is 12.4 Å². The number of carbonyl (C=O) groups excluding carboxylic acids is 1. The van der Waals surface area contributed by atoms with Crippen LogP contribution in [0.3, 0.4) is 0 Å². The molecular formula is C29H32N2O3. The van der Waals surface area contributed by atoms with Crippen LogP contribution in [0.2, 0.25) is 0 Å². The number of carbonyl (C=O) groups is 1. The normalized spacial score (nSPS) is 18.9. The van der Waals surface area contributed by atoms with Crippen molar-refractivity contribution in [3.8, 4) is 5.75 Å². The summed E-state index contributed by atoms with van der Waals surface area (Å²) in [5.41, 5.74) is 2.76. The largest absolute Gasteiger partial charge is 0.489 e. The van der Waals surface area contributed by atoms with Crippen LogP contribution >= 0.6 is 0 Å². The molecule has 0 radical (unpaired) electrons. The molecule has 1 saturated carbocycles. The van der Waals surface area contributed by atoms with Gasteiger partial charge in [-0.05, 0) is 54.0 Å². The molecular weight excluding hydrogens is 424 g/mol. The molecule has 1 aliphatic heterocycles. The molecule has 34 heavy (non-hydrogen) atoms. The lowest BCUT2D eigenvalue weighted by atomic mass is 10.1. The van der Waals surface area contributed by atoms with Crippen molar-refractivity contribution in [3.63, 3.8) is 0 Å². The molecule has 5 rings (SSSR count). The molecule has 0 bridgehead atoms. The van der Waals surface area contributed by atoms with Crippen LogP contribution < -0.4 is 10.1 Å². The van der Waals surface area contributed by atoms with E-state index < -0.39 is 0 Å². The Balaban J connectivity index is 1.30. The van der Waals surface area contributed by atoms with E-state index in [1.54, 1.807) is 12.1 Å². The Morgan fingerprint density at radius 1 is 1.03 bits per heavy atom. The van der Waals surface area contributed by atoms with E-state index in [9.17, 15) is 4.79 Å². The van der Waals surface area contributed by atoms with Crippen molar-refractivity contribution in [2.24, 2.45) is 0 Å². The first-order valence-corrected chi connectivity index (χ1v) is 12.2. The molecule has 1 unspecified atom stereocenters. The number of ether oxygens (including phenoxy) is 2. The molecule has 0 amide bonds. The predicted octanol–water partition coefficient (Wildman–Crippen LogP) is 4.92. The van der Waals surface area contributed by atoms with Crippen LogP contribution in [0, 0.1) is 0 Å². The van der Waals surface area contributed by atoms with Crippen LogP contribution in [0.25, 0.3) is 16.8 Å². The van der Waals surface area contributed by atoms with E-state index in [1.165, 1.54) is 43.9 Å². The molecule has 3 aromatic rings. The average Bonchev–Trinajstić information content (AvgIpc) is 3.63. The maximum atomic E-state index is 11.8. The van der Waals surface area contributed by atoms with Gasteiger partial charge in [0.15, 0.2) is 0 Å². The van der Waals surface area contributed by atoms with Gasteiger partial charge >= 0.3 is 5.97 Å². The van der Waals surface area contributed by atoms with Crippen molar-refractivity contribution in [1.82, 2.24) is 10.2 Å². The molecule has 0 spiro atoms. The van der Waals surface area contributed by atoms with Gasteiger partial charge in [0, 0.05) is 37.1 Å². The number of benzene rings is 3. The fourth-order valence-corrected chi connectivity index (χ4v) is 4.71. The zero-order chi connectivity index (χ0) is 23.3. The van der Waals surface area contributed by atoms with Gasteiger partial charge in [0.25, 0.3) is 0 Å². The molecule has 1 aliphatic carbocycles. The molecule has 5 heteroatoms. The maximum Gasteiger partial charge on any atom is 0.337 e. The van der Waals surface area contributed by atoms with Crippen molar-refractivity contribution in [2.75, 3.05) is 33.4 Å². The first-order valence-electron chi connectivity index (χ1n) is 12.2. The topological polar surface area (TPSA) is 50.8 Å². The summed E-state index contributed by atoms with van der Waals surface area (Å²) in [6.45, 7) is 3.60. The fourth-order valence-electron chi connectivity index (χ4n) is 4.71. The van der Waals surface area contributed by atoms with Gasteiger partial charge in [0.2, 0.25) is 0 Å². The van der Waals surface area contributed by atoms with Gasteiger partial charge in [-0.25, -0.2) is 4.79 Å². The minimum atomic E-state index is -0.321. The molecule has 5 nitrogen and oxygen atoms in total. The van der Waals surface area contributed by atoms with E-state index in [0.717, 1.165) is 35.8 Å². The summed E-state index contributed by atoms with van der Waals surface area (Å²) in [6.07, 6.45) is 6.07. The Morgan fingerprint density at radius 3 is 2.62 bits per heavy atom. The third-order valence-corrected chi connectivity index (χ3v) is 6.77. The number of nitrogens with one attached hydrogen (secondary N) is 1. The summed E-state index contributed by atoms with van der Waals surface area (Å²) in [7, 11) is 1.40. The number of hydrogen-bond acceptors (Lipinski definition) is 5. The van der Waals surface area contributed by atoms with Gasteiger partial charge in [0.05, 0.1) is 12.7 Å². The number of rotatable bonds is 9. The molecule has 0 aromatic heterocycles. The summed E-state index contributed by atoms with van der Waals surface area (Å²) in [6, 6.07) is 23.3. The second kappa shape index (κ2) is 10.4. The van der Waals surface area contributed by atoms with Crippen molar-refractivity contribution < 1.29 is 14.3 Å². The highest BCUT2D eigenvalue weighted by atomic mass is 16.5. The third kappa shape index (κ3) is 5.49. The Morgan fingerprint density at radius 2 is 1.82 bits per heavy atom. The van der Waals surface area contributed by atoms with E-state index in [0.29, 0.717) is 18.2 Å². The standard InChI is InChI=1S/C29H32N2O3/c1-33-29(32)24-11-9-21(10-12-24)17-22(18-30-25-15-16-31(19-25)26-13-14-26)20-34-28-8-4-6-23-5-2-3-7-27(23)28/h2-12,17,25-26,30H,13-16,18-20H2,1H3/b22-17-. The monoisotopic (exact) mass is 456 g/mol. The number of fused-ring (bicyclic) bond motifs is 1. The Kier molecular flexibility index (Phi) is 6.93. The molecule has 1 N–H and O–H groups in total.